The number of carbonyl (C=O) groups is 2. The third-order valence-corrected chi connectivity index (χ3v) is 11.7. The molecule has 22 heteroatoms. The second-order valence-corrected chi connectivity index (χ2v) is 18.0. The molecule has 12 nitrogen and oxygen atoms in total. The molecule has 4 N–H and O–H groups in total. The first-order chi connectivity index (χ1) is 33.6. The lowest BCUT2D eigenvalue weighted by molar-refractivity contribution is -0.274. The molecule has 71 heavy (non-hydrogen) atoms. The smallest absolute Gasteiger partial charge is 0.457 e. The number of aromatic nitrogens is 4. The molecule has 2 aliphatic carbocycles. The average molecular weight is 1060 g/mol. The van der Waals surface area contributed by atoms with Crippen LogP contribution in [0.5, 0.6) is 17.2 Å². The van der Waals surface area contributed by atoms with Crippen molar-refractivity contribution in [3.05, 3.63) is 124 Å². The lowest BCUT2D eigenvalue weighted by Crippen LogP contribution is -2.26. The number of nitrogens with zero attached hydrogens (tertiary/aromatic N) is 4. The molecule has 0 bridgehead atoms. The summed E-state index contributed by atoms with van der Waals surface area (Å²) in [5, 5.41) is 11.5. The highest BCUT2D eigenvalue weighted by Crippen LogP contribution is 2.36. The maximum Gasteiger partial charge on any atom is 0.573 e. The zero-order chi connectivity index (χ0) is 50.8. The van der Waals surface area contributed by atoms with Gasteiger partial charge in [0.25, 0.3) is 11.8 Å². The number of halogens is 10. The Kier molecular flexibility index (Phi) is 14.5. The maximum absolute atomic E-state index is 12.8. The molecule has 0 atom stereocenters. The highest BCUT2D eigenvalue weighted by atomic mass is 79.9. The molecule has 0 spiro atoms. The van der Waals surface area contributed by atoms with Crippen molar-refractivity contribution in [2.75, 3.05) is 23.7 Å². The van der Waals surface area contributed by atoms with Gasteiger partial charge in [0.1, 0.15) is 40.9 Å². The number of hydrogen-bond donors (Lipinski definition) is 4. The molecular weight excluding hydrogens is 1020 g/mol. The fourth-order valence-electron chi connectivity index (χ4n) is 7.55. The van der Waals surface area contributed by atoms with Gasteiger partial charge in [0, 0.05) is 70.3 Å². The van der Waals surface area contributed by atoms with Gasteiger partial charge in [-0.1, -0.05) is 22.0 Å². The Morgan fingerprint density at radius 1 is 0.620 bits per heavy atom. The molecule has 9 rings (SSSR count). The number of rotatable bonds is 15. The Morgan fingerprint density at radius 3 is 1.56 bits per heavy atom. The van der Waals surface area contributed by atoms with Gasteiger partial charge in [0.15, 0.2) is 0 Å². The Hall–Kier alpha value is -6.97. The molecule has 374 valence electrons. The van der Waals surface area contributed by atoms with E-state index in [1.54, 1.807) is 54.2 Å². The van der Waals surface area contributed by atoms with Crippen LogP contribution in [0, 0.1) is 13.8 Å². The number of hydrogen-bond acceptors (Lipinski definition) is 8. The number of alkyl halides is 9. The second-order valence-electron chi connectivity index (χ2n) is 17.1. The Bertz CT molecular complexity index is 3090. The van der Waals surface area contributed by atoms with Crippen LogP contribution in [-0.2, 0) is 0 Å². The van der Waals surface area contributed by atoms with E-state index in [0.717, 1.165) is 59.1 Å². The van der Waals surface area contributed by atoms with Gasteiger partial charge in [-0.15, -0.1) is 13.2 Å². The first kappa shape index (κ1) is 50.4. The largest absolute Gasteiger partial charge is 0.573 e. The minimum Gasteiger partial charge on any atom is -0.457 e. The van der Waals surface area contributed by atoms with Crippen LogP contribution in [0.3, 0.4) is 0 Å². The van der Waals surface area contributed by atoms with Crippen molar-refractivity contribution >= 4 is 61.2 Å². The van der Waals surface area contributed by atoms with Crippen LogP contribution >= 0.6 is 15.9 Å². The number of nitrogens with one attached hydrogen (secondary N) is 4. The number of imidazole rings is 2. The van der Waals surface area contributed by atoms with Crippen molar-refractivity contribution in [3.8, 4) is 28.6 Å². The Morgan fingerprint density at radius 2 is 1.10 bits per heavy atom. The monoisotopic (exact) mass is 1060 g/mol. The molecule has 0 radical (unpaired) electrons. The fourth-order valence-corrected chi connectivity index (χ4v) is 7.99. The molecule has 2 aromatic heterocycles. The predicted molar refractivity (Wildman–Crippen MR) is 252 cm³/mol. The first-order valence-electron chi connectivity index (χ1n) is 22.2. The maximum atomic E-state index is 12.8. The van der Waals surface area contributed by atoms with Crippen molar-refractivity contribution in [2.24, 2.45) is 0 Å². The van der Waals surface area contributed by atoms with Crippen LogP contribution in [0.15, 0.2) is 102 Å². The van der Waals surface area contributed by atoms with E-state index in [-0.39, 0.29) is 47.6 Å². The van der Waals surface area contributed by atoms with E-state index >= 15 is 0 Å². The summed E-state index contributed by atoms with van der Waals surface area (Å²) < 4.78 is 128. The van der Waals surface area contributed by atoms with Gasteiger partial charge in [-0.25, -0.2) is 9.97 Å². The van der Waals surface area contributed by atoms with Gasteiger partial charge in [-0.05, 0) is 111 Å². The first-order valence-corrected chi connectivity index (χ1v) is 23.0. The molecular formula is C49H44BrF9N8O4. The van der Waals surface area contributed by atoms with Crippen LogP contribution in [0.2, 0.25) is 0 Å². The summed E-state index contributed by atoms with van der Waals surface area (Å²) in [6, 6.07) is 22.6. The van der Waals surface area contributed by atoms with E-state index in [4.69, 9.17) is 4.74 Å². The number of anilines is 2. The zero-order valence-electron chi connectivity index (χ0n) is 37.8. The van der Waals surface area contributed by atoms with E-state index < -0.39 is 43.9 Å². The number of carbonyl (C=O) groups excluding carboxylic acids is 2. The lowest BCUT2D eigenvalue weighted by Gasteiger charge is -2.14. The van der Waals surface area contributed by atoms with Gasteiger partial charge in [0.2, 0.25) is 0 Å². The van der Waals surface area contributed by atoms with E-state index in [0.29, 0.717) is 44.6 Å². The van der Waals surface area contributed by atoms with Crippen molar-refractivity contribution in [1.29, 1.82) is 0 Å². The minimum absolute atomic E-state index is 0.0141. The molecule has 2 aliphatic rings. The van der Waals surface area contributed by atoms with E-state index in [1.165, 1.54) is 24.5 Å². The van der Waals surface area contributed by atoms with Crippen molar-refractivity contribution < 1.29 is 58.6 Å². The fraction of sp³-hybridized carbons (Fsp3) is 0.306. The average Bonchev–Trinajstić information content (AvgIpc) is 4.19. The van der Waals surface area contributed by atoms with Crippen LogP contribution in [0.25, 0.3) is 33.4 Å². The van der Waals surface area contributed by atoms with Gasteiger partial charge >= 0.3 is 18.7 Å². The zero-order valence-corrected chi connectivity index (χ0v) is 39.3. The van der Waals surface area contributed by atoms with Crippen LogP contribution < -0.4 is 30.7 Å². The number of amides is 2. The van der Waals surface area contributed by atoms with Crippen molar-refractivity contribution in [3.63, 3.8) is 0 Å². The van der Waals surface area contributed by atoms with Gasteiger partial charge < -0.3 is 30.7 Å². The number of aryl methyl sites for hydroxylation is 2. The van der Waals surface area contributed by atoms with Crippen LogP contribution in [0.4, 0.5) is 50.9 Å². The van der Waals surface area contributed by atoms with Gasteiger partial charge in [-0.2, -0.15) is 26.3 Å². The summed E-state index contributed by atoms with van der Waals surface area (Å²) in [5.41, 5.74) is 7.03. The highest BCUT2D eigenvalue weighted by molar-refractivity contribution is 9.10. The normalized spacial score (nSPS) is 13.9. The second kappa shape index (κ2) is 20.4. The molecule has 0 unspecified atom stereocenters. The summed E-state index contributed by atoms with van der Waals surface area (Å²) >= 11 is 3.42. The molecule has 5 aromatic carbocycles. The lowest BCUT2D eigenvalue weighted by atomic mass is 10.1. The highest BCUT2D eigenvalue weighted by Gasteiger charge is 2.32. The number of fused-ring (bicyclic) bond motifs is 2. The van der Waals surface area contributed by atoms with Crippen LogP contribution in [-0.4, -0.2) is 74.8 Å². The van der Waals surface area contributed by atoms with E-state index in [2.05, 4.69) is 51.9 Å². The summed E-state index contributed by atoms with van der Waals surface area (Å²) in [4.78, 5) is 33.7. The number of benzene rings is 5. The number of ether oxygens (including phenoxy) is 2. The van der Waals surface area contributed by atoms with Crippen molar-refractivity contribution in [1.82, 2.24) is 29.7 Å². The molecule has 2 amide bonds. The molecule has 0 aliphatic heterocycles. The van der Waals surface area contributed by atoms with E-state index in [9.17, 15) is 49.1 Å². The third-order valence-electron chi connectivity index (χ3n) is 11.3. The van der Waals surface area contributed by atoms with E-state index in [1.807, 2.05) is 29.7 Å². The topological polar surface area (TPSA) is 136 Å². The van der Waals surface area contributed by atoms with Gasteiger partial charge in [0.05, 0.1) is 35.2 Å². The predicted octanol–water partition coefficient (Wildman–Crippen LogP) is 12.6. The summed E-state index contributed by atoms with van der Waals surface area (Å²) in [5.74, 6) is -0.590. The molecule has 2 fully saturated rings. The quantitative estimate of drug-likeness (QED) is 0.0746. The summed E-state index contributed by atoms with van der Waals surface area (Å²) in [6.07, 6.45) is -8.45. The van der Waals surface area contributed by atoms with Crippen LogP contribution in [0.1, 0.15) is 70.4 Å². The van der Waals surface area contributed by atoms with Gasteiger partial charge in [-0.3, -0.25) is 18.7 Å². The minimum atomic E-state index is -4.90. The SMILES string of the molecule is Cc1cc(-n2cnc3c(NCCC(F)(F)F)cc(Br)cc32)ccc1C(=O)NC1CC1.Cc1cc(-n2cnc3c(NCCC(F)(F)F)cc(Oc4cccc(OC(F)(F)F)c4)cc32)ccc1C(=O)NC1CC1. The van der Waals surface area contributed by atoms with Crippen molar-refractivity contribution in [2.45, 2.75) is 83.2 Å². The molecule has 2 saturated carbocycles. The standard InChI is InChI=1S/C28H24F6N4O3.C21H20BrF3N4O/c1-16-11-18(7-8-22(16)26(39)37-17-5-6-17)38-15-36-25-23(35-10-9-27(29,30)31)13-21(14-24(25)38)40-19-3-2-4-20(12-19)41-28(32,33)34;1-12-8-15(4-5-16(12)20(30)28-14-2-3-14)29-11-27-19-17(9-13(22)10-18(19)29)26-7-6-21(23,24)25/h2-4,7-8,11-15,17,35H,5-6,9-10H2,1H3,(H,37,39);4-5,8-11,14,26H,2-3,6-7H2,1H3,(H,28,30). The Labute approximate surface area is 408 Å². The summed E-state index contributed by atoms with van der Waals surface area (Å²) in [7, 11) is 0. The summed E-state index contributed by atoms with van der Waals surface area (Å²) in [6.45, 7) is 3.00. The molecule has 2 heterocycles. The Balaban J connectivity index is 0.000000200. The molecule has 7 aromatic rings. The third kappa shape index (κ3) is 13.5. The molecule has 0 saturated heterocycles.